The number of rotatable bonds is 0. The highest BCUT2D eigenvalue weighted by molar-refractivity contribution is 6.42. The number of carboxylic acid groups (broad SMARTS) is 2. The Hall–Kier alpha value is -1.92. The minimum atomic E-state index is -1.92. The van der Waals surface area contributed by atoms with Crippen molar-refractivity contribution in [2.75, 3.05) is 0 Å². The predicted molar refractivity (Wildman–Crippen MR) is 28.4 cm³/mol. The Kier molecular flexibility index (Phi) is 2.72. The molecule has 0 fully saturated rings. The Labute approximate surface area is 59.6 Å². The normalized spacial score (nSPS) is 8.36. The number of carbonyl (C=O) groups is 4. The number of amides is 2. The molecule has 0 aliphatic carbocycles. The van der Waals surface area contributed by atoms with Crippen LogP contribution in [0.3, 0.4) is 0 Å². The number of imide groups is 1. The Balaban J connectivity index is 4.07. The summed E-state index contributed by atoms with van der Waals surface area (Å²) >= 11 is 0. The van der Waals surface area contributed by atoms with Crippen molar-refractivity contribution >= 4 is 23.8 Å². The van der Waals surface area contributed by atoms with Gasteiger partial charge in [-0.15, -0.1) is 0 Å². The molecule has 0 spiro atoms. The molecule has 0 aromatic carbocycles. The number of carboxylic acids is 2. The molecule has 7 nitrogen and oxygen atoms in total. The van der Waals surface area contributed by atoms with Gasteiger partial charge in [0, 0.05) is 0 Å². The van der Waals surface area contributed by atoms with Crippen LogP contribution in [0.1, 0.15) is 0 Å². The van der Waals surface area contributed by atoms with Crippen LogP contribution in [0.5, 0.6) is 0 Å². The highest BCUT2D eigenvalue weighted by Crippen LogP contribution is 1.69. The Morgan fingerprint density at radius 1 is 0.818 bits per heavy atom. The first-order chi connectivity index (χ1) is 4.95. The maximum absolute atomic E-state index is 10.1. The summed E-state index contributed by atoms with van der Waals surface area (Å²) in [6, 6.07) is 0. The quantitative estimate of drug-likeness (QED) is 0.346. The largest absolute Gasteiger partial charge is 0.474 e. The van der Waals surface area contributed by atoms with E-state index in [0.717, 1.165) is 5.32 Å². The van der Waals surface area contributed by atoms with E-state index in [-0.39, 0.29) is 0 Å². The number of carbonyl (C=O) groups excluding carboxylic acids is 2. The summed E-state index contributed by atoms with van der Waals surface area (Å²) < 4.78 is 0. The molecule has 11 heavy (non-hydrogen) atoms. The van der Waals surface area contributed by atoms with Crippen molar-refractivity contribution in [1.29, 1.82) is 0 Å². The van der Waals surface area contributed by atoms with Crippen LogP contribution in [0.4, 0.5) is 0 Å². The molecule has 0 unspecified atom stereocenters. The van der Waals surface area contributed by atoms with Crippen LogP contribution in [-0.4, -0.2) is 34.0 Å². The third kappa shape index (κ3) is 2.94. The van der Waals surface area contributed by atoms with Crippen molar-refractivity contribution in [1.82, 2.24) is 5.32 Å². The van der Waals surface area contributed by atoms with E-state index in [1.807, 2.05) is 0 Å². The van der Waals surface area contributed by atoms with Crippen LogP contribution in [0.15, 0.2) is 0 Å². The van der Waals surface area contributed by atoms with Crippen molar-refractivity contribution in [3.8, 4) is 0 Å². The SMILES string of the molecule is O=C(O)C(=O)NC(=O)C(=O)O. The molecule has 0 aromatic rings. The third-order valence-electron chi connectivity index (χ3n) is 0.616. The summed E-state index contributed by atoms with van der Waals surface area (Å²) in [5, 5.41) is 16.8. The molecule has 0 atom stereocenters. The second-order valence-electron chi connectivity index (χ2n) is 1.39. The first-order valence-corrected chi connectivity index (χ1v) is 2.26. The van der Waals surface area contributed by atoms with Crippen molar-refractivity contribution in [2.45, 2.75) is 0 Å². The van der Waals surface area contributed by atoms with Gasteiger partial charge < -0.3 is 10.2 Å². The molecule has 0 radical (unpaired) electrons. The van der Waals surface area contributed by atoms with Crippen molar-refractivity contribution in [3.05, 3.63) is 0 Å². The zero-order valence-corrected chi connectivity index (χ0v) is 5.03. The lowest BCUT2D eigenvalue weighted by molar-refractivity contribution is -0.156. The smallest absolute Gasteiger partial charge is 0.394 e. The minimum absolute atomic E-state index is 1.10. The van der Waals surface area contributed by atoms with E-state index < -0.39 is 23.8 Å². The summed E-state index contributed by atoms with van der Waals surface area (Å²) in [7, 11) is 0. The summed E-state index contributed by atoms with van der Waals surface area (Å²) in [5.74, 6) is -7.17. The zero-order chi connectivity index (χ0) is 9.02. The van der Waals surface area contributed by atoms with Gasteiger partial charge in [0.1, 0.15) is 0 Å². The van der Waals surface area contributed by atoms with Crippen LogP contribution in [0.25, 0.3) is 0 Å². The van der Waals surface area contributed by atoms with E-state index in [9.17, 15) is 19.2 Å². The summed E-state index contributed by atoms with van der Waals surface area (Å²) in [6.07, 6.45) is 0. The van der Waals surface area contributed by atoms with Gasteiger partial charge in [0.25, 0.3) is 0 Å². The molecule has 0 bridgehead atoms. The lowest BCUT2D eigenvalue weighted by Crippen LogP contribution is -2.39. The lowest BCUT2D eigenvalue weighted by atomic mass is 10.5. The van der Waals surface area contributed by atoms with Gasteiger partial charge in [0.2, 0.25) is 0 Å². The van der Waals surface area contributed by atoms with Gasteiger partial charge in [0.15, 0.2) is 0 Å². The third-order valence-corrected chi connectivity index (χ3v) is 0.616. The fraction of sp³-hybridized carbons (Fsp3) is 0. The van der Waals surface area contributed by atoms with E-state index in [4.69, 9.17) is 10.2 Å². The molecular formula is C4H3NO6. The van der Waals surface area contributed by atoms with Gasteiger partial charge >= 0.3 is 23.8 Å². The Morgan fingerprint density at radius 3 is 1.27 bits per heavy atom. The molecule has 2 amide bonds. The van der Waals surface area contributed by atoms with Crippen molar-refractivity contribution in [2.24, 2.45) is 0 Å². The first kappa shape index (κ1) is 9.08. The van der Waals surface area contributed by atoms with Gasteiger partial charge in [-0.05, 0) is 0 Å². The second-order valence-corrected chi connectivity index (χ2v) is 1.39. The first-order valence-electron chi connectivity index (χ1n) is 2.26. The highest BCUT2D eigenvalue weighted by atomic mass is 16.4. The maximum atomic E-state index is 10.1. The van der Waals surface area contributed by atoms with Crippen molar-refractivity contribution < 1.29 is 29.4 Å². The number of hydrogen-bond donors (Lipinski definition) is 3. The molecule has 0 aliphatic rings. The van der Waals surface area contributed by atoms with E-state index in [1.165, 1.54) is 0 Å². The van der Waals surface area contributed by atoms with E-state index in [0.29, 0.717) is 0 Å². The molecule has 0 saturated heterocycles. The zero-order valence-electron chi connectivity index (χ0n) is 5.03. The number of nitrogens with one attached hydrogen (secondary N) is 1. The number of hydrogen-bond acceptors (Lipinski definition) is 4. The highest BCUT2D eigenvalue weighted by Gasteiger charge is 2.19. The fourth-order valence-corrected chi connectivity index (χ4v) is 0.210. The molecule has 60 valence electrons. The Bertz CT molecular complexity index is 207. The van der Waals surface area contributed by atoms with E-state index in [1.54, 1.807) is 0 Å². The minimum Gasteiger partial charge on any atom is -0.474 e. The number of aliphatic carboxylic acids is 2. The van der Waals surface area contributed by atoms with Crippen LogP contribution < -0.4 is 5.32 Å². The predicted octanol–water partition coefficient (Wildman–Crippen LogP) is -2.20. The average Bonchev–Trinajstić information content (AvgIpc) is 1.87. The standard InChI is InChI=1S/C4H3NO6/c6-1(3(8)9)5-2(7)4(10)11/h(H,8,9)(H,10,11)(H,5,6,7). The van der Waals surface area contributed by atoms with Gasteiger partial charge in [-0.3, -0.25) is 14.9 Å². The maximum Gasteiger partial charge on any atom is 0.394 e. The summed E-state index contributed by atoms with van der Waals surface area (Å²) in [5.41, 5.74) is 0. The molecule has 7 heteroatoms. The van der Waals surface area contributed by atoms with Gasteiger partial charge in [-0.2, -0.15) is 0 Å². The monoisotopic (exact) mass is 161 g/mol. The second kappa shape index (κ2) is 3.30. The molecule has 0 heterocycles. The fourth-order valence-electron chi connectivity index (χ4n) is 0.210. The lowest BCUT2D eigenvalue weighted by Gasteiger charge is -1.92. The van der Waals surface area contributed by atoms with Crippen LogP contribution in [0.2, 0.25) is 0 Å². The molecule has 3 N–H and O–H groups in total. The topological polar surface area (TPSA) is 121 Å². The van der Waals surface area contributed by atoms with Gasteiger partial charge in [-0.25, -0.2) is 9.59 Å². The molecule has 0 rings (SSSR count). The summed E-state index contributed by atoms with van der Waals surface area (Å²) in [6.45, 7) is 0. The van der Waals surface area contributed by atoms with Gasteiger partial charge in [-0.1, -0.05) is 0 Å². The van der Waals surface area contributed by atoms with Crippen LogP contribution >= 0.6 is 0 Å². The summed E-state index contributed by atoms with van der Waals surface area (Å²) in [4.78, 5) is 39.5. The molecule has 0 aliphatic heterocycles. The van der Waals surface area contributed by atoms with E-state index in [2.05, 4.69) is 0 Å². The Morgan fingerprint density at radius 2 is 1.09 bits per heavy atom. The van der Waals surface area contributed by atoms with Crippen molar-refractivity contribution in [3.63, 3.8) is 0 Å². The molecular weight excluding hydrogens is 158 g/mol. The average molecular weight is 161 g/mol. The molecule has 0 aromatic heterocycles. The van der Waals surface area contributed by atoms with Crippen LogP contribution in [0, 0.1) is 0 Å². The van der Waals surface area contributed by atoms with Crippen LogP contribution in [-0.2, 0) is 19.2 Å². The molecule has 0 saturated carbocycles. The van der Waals surface area contributed by atoms with E-state index >= 15 is 0 Å². The van der Waals surface area contributed by atoms with Gasteiger partial charge in [0.05, 0.1) is 0 Å².